The molecule has 0 N–H and O–H groups in total. The maximum absolute atomic E-state index is 5.32. The first-order valence-corrected chi connectivity index (χ1v) is 3.46. The van der Waals surface area contributed by atoms with Gasteiger partial charge >= 0.3 is 0 Å². The predicted molar refractivity (Wildman–Crippen MR) is 43.1 cm³/mol. The van der Waals surface area contributed by atoms with Gasteiger partial charge in [0.1, 0.15) is 13.6 Å². The van der Waals surface area contributed by atoms with Crippen LogP contribution in [0.15, 0.2) is 24.5 Å². The molecule has 1 rings (SSSR count). The van der Waals surface area contributed by atoms with Gasteiger partial charge < -0.3 is 4.74 Å². The van der Waals surface area contributed by atoms with Crippen LogP contribution in [0, 0.1) is 0 Å². The number of hydrogen-bond acceptors (Lipinski definition) is 2. The maximum Gasteiger partial charge on any atom is 0.122 e. The Morgan fingerprint density at radius 3 is 2.70 bits per heavy atom. The summed E-state index contributed by atoms with van der Waals surface area (Å²) >= 11 is 0. The second-order valence-corrected chi connectivity index (χ2v) is 2.03. The predicted octanol–water partition coefficient (Wildman–Crippen LogP) is 0.512. The molecule has 3 heteroatoms. The van der Waals surface area contributed by atoms with Crippen LogP contribution < -0.4 is 4.74 Å². The number of nitrogens with zero attached hydrogens (tertiary/aromatic N) is 1. The topological polar surface area (TPSA) is 22.1 Å². The van der Waals surface area contributed by atoms with E-state index in [0.29, 0.717) is 0 Å². The van der Waals surface area contributed by atoms with Crippen molar-refractivity contribution >= 4 is 7.85 Å². The second kappa shape index (κ2) is 3.93. The Kier molecular flexibility index (Phi) is 2.80. The molecule has 52 valence electrons. The van der Waals surface area contributed by atoms with Gasteiger partial charge in [-0.2, -0.15) is 0 Å². The summed E-state index contributed by atoms with van der Waals surface area (Å²) in [6, 6.07) is 3.71. The summed E-state index contributed by atoms with van der Waals surface area (Å²) in [6.45, 7) is 0.782. The molecule has 1 aromatic heterocycles. The number of hydrogen-bond donors (Lipinski definition) is 0. The minimum absolute atomic E-state index is 0.782. The lowest BCUT2D eigenvalue weighted by Gasteiger charge is -2.01. The van der Waals surface area contributed by atoms with Crippen molar-refractivity contribution < 1.29 is 4.74 Å². The lowest BCUT2D eigenvalue weighted by atomic mass is 10.1. The molecule has 0 aromatic carbocycles. The zero-order valence-electron chi connectivity index (χ0n) is 6.08. The van der Waals surface area contributed by atoms with Gasteiger partial charge in [0.15, 0.2) is 0 Å². The van der Waals surface area contributed by atoms with E-state index in [0.717, 1.165) is 18.7 Å². The molecule has 10 heavy (non-hydrogen) atoms. The summed E-state index contributed by atoms with van der Waals surface area (Å²) in [5.41, 5.74) is 0. The number of rotatable bonds is 3. The normalized spacial score (nSPS) is 9.20. The van der Waals surface area contributed by atoms with Crippen molar-refractivity contribution in [3.8, 4) is 5.75 Å². The van der Waals surface area contributed by atoms with Gasteiger partial charge in [0.2, 0.25) is 0 Å². The van der Waals surface area contributed by atoms with E-state index >= 15 is 0 Å². The highest BCUT2D eigenvalue weighted by atomic mass is 16.5. The van der Waals surface area contributed by atoms with E-state index in [1.165, 1.54) is 0 Å². The van der Waals surface area contributed by atoms with Crippen LogP contribution >= 0.6 is 0 Å². The first-order valence-electron chi connectivity index (χ1n) is 3.46. The number of pyridine rings is 1. The van der Waals surface area contributed by atoms with Gasteiger partial charge in [0, 0.05) is 12.4 Å². The molecule has 2 nitrogen and oxygen atoms in total. The largest absolute Gasteiger partial charge is 0.494 e. The monoisotopic (exact) mass is 135 g/mol. The van der Waals surface area contributed by atoms with Crippen molar-refractivity contribution in [1.29, 1.82) is 0 Å². The average Bonchev–Trinajstić information content (AvgIpc) is 2.03. The van der Waals surface area contributed by atoms with Crippen molar-refractivity contribution in [3.05, 3.63) is 24.5 Å². The third-order valence-corrected chi connectivity index (χ3v) is 1.12. The molecule has 0 unspecified atom stereocenters. The van der Waals surface area contributed by atoms with E-state index in [4.69, 9.17) is 4.74 Å². The zero-order chi connectivity index (χ0) is 7.23. The Balaban J connectivity index is 2.43. The molecule has 0 saturated heterocycles. The highest BCUT2D eigenvalue weighted by Gasteiger charge is 1.87. The van der Waals surface area contributed by atoms with Crippen molar-refractivity contribution in [2.45, 2.75) is 6.32 Å². The smallest absolute Gasteiger partial charge is 0.122 e. The summed E-state index contributed by atoms with van der Waals surface area (Å²) in [7, 11) is 2.08. The maximum atomic E-state index is 5.32. The van der Waals surface area contributed by atoms with Crippen LogP contribution in [0.5, 0.6) is 5.75 Å². The molecular formula is C7H10BNO. The SMILES string of the molecule is BCCOc1ccncc1. The van der Waals surface area contributed by atoms with Gasteiger partial charge in [-0.15, -0.1) is 0 Å². The highest BCUT2D eigenvalue weighted by Crippen LogP contribution is 2.05. The summed E-state index contributed by atoms with van der Waals surface area (Å²) in [6.07, 6.45) is 4.50. The first kappa shape index (κ1) is 7.13. The third-order valence-electron chi connectivity index (χ3n) is 1.12. The summed E-state index contributed by atoms with van der Waals surface area (Å²) in [5, 5.41) is 0. The fraction of sp³-hybridized carbons (Fsp3) is 0.286. The molecule has 0 aliphatic carbocycles. The van der Waals surface area contributed by atoms with Gasteiger partial charge in [-0.1, -0.05) is 0 Å². The fourth-order valence-corrected chi connectivity index (χ4v) is 0.654. The van der Waals surface area contributed by atoms with E-state index in [1.54, 1.807) is 12.4 Å². The van der Waals surface area contributed by atoms with Crippen LogP contribution in [0.3, 0.4) is 0 Å². The highest BCUT2D eigenvalue weighted by molar-refractivity contribution is 6.08. The standard InChI is InChI=1S/C7H10BNO/c8-3-6-10-7-1-4-9-5-2-7/h1-2,4-5H,3,6,8H2. The summed E-state index contributed by atoms with van der Waals surface area (Å²) in [5.74, 6) is 0.900. The Morgan fingerprint density at radius 1 is 1.40 bits per heavy atom. The molecule has 0 amide bonds. The molecule has 0 spiro atoms. The molecule has 0 fully saturated rings. The van der Waals surface area contributed by atoms with Gasteiger partial charge in [-0.25, -0.2) is 0 Å². The third kappa shape index (κ3) is 2.09. The molecule has 1 aromatic rings. The van der Waals surface area contributed by atoms with Gasteiger partial charge in [-0.3, -0.25) is 4.98 Å². The molecule has 0 aliphatic heterocycles. The van der Waals surface area contributed by atoms with Gasteiger partial charge in [0.05, 0.1) is 6.61 Å². The summed E-state index contributed by atoms with van der Waals surface area (Å²) in [4.78, 5) is 3.87. The minimum Gasteiger partial charge on any atom is -0.494 e. The lowest BCUT2D eigenvalue weighted by molar-refractivity contribution is 0.340. The Labute approximate surface area is 61.6 Å². The Morgan fingerprint density at radius 2 is 2.10 bits per heavy atom. The quantitative estimate of drug-likeness (QED) is 0.563. The van der Waals surface area contributed by atoms with Crippen molar-refractivity contribution in [2.24, 2.45) is 0 Å². The van der Waals surface area contributed by atoms with E-state index < -0.39 is 0 Å². The van der Waals surface area contributed by atoms with Crippen LogP contribution in [0.4, 0.5) is 0 Å². The first-order chi connectivity index (χ1) is 4.93. The van der Waals surface area contributed by atoms with E-state index in [1.807, 2.05) is 12.1 Å². The molecular weight excluding hydrogens is 125 g/mol. The Hall–Kier alpha value is -0.985. The van der Waals surface area contributed by atoms with Crippen LogP contribution in [0.25, 0.3) is 0 Å². The molecule has 0 atom stereocenters. The van der Waals surface area contributed by atoms with Crippen molar-refractivity contribution in [1.82, 2.24) is 4.98 Å². The van der Waals surface area contributed by atoms with Crippen LogP contribution in [0.2, 0.25) is 6.32 Å². The Bertz CT molecular complexity index is 178. The van der Waals surface area contributed by atoms with Crippen LogP contribution in [-0.2, 0) is 0 Å². The summed E-state index contributed by atoms with van der Waals surface area (Å²) < 4.78 is 5.32. The molecule has 0 bridgehead atoms. The number of ether oxygens (including phenoxy) is 1. The molecule has 1 heterocycles. The molecule has 0 aliphatic rings. The minimum atomic E-state index is 0.782. The average molecular weight is 135 g/mol. The van der Waals surface area contributed by atoms with E-state index in [2.05, 4.69) is 12.8 Å². The van der Waals surface area contributed by atoms with Crippen LogP contribution in [-0.4, -0.2) is 19.4 Å². The van der Waals surface area contributed by atoms with Crippen molar-refractivity contribution in [3.63, 3.8) is 0 Å². The second-order valence-electron chi connectivity index (χ2n) is 2.03. The lowest BCUT2D eigenvalue weighted by Crippen LogP contribution is -1.95. The van der Waals surface area contributed by atoms with Crippen LogP contribution in [0.1, 0.15) is 0 Å². The van der Waals surface area contributed by atoms with E-state index in [9.17, 15) is 0 Å². The zero-order valence-corrected chi connectivity index (χ0v) is 6.08. The van der Waals surface area contributed by atoms with Gasteiger partial charge in [-0.05, 0) is 18.5 Å². The fourth-order valence-electron chi connectivity index (χ4n) is 0.654. The number of aromatic nitrogens is 1. The van der Waals surface area contributed by atoms with Gasteiger partial charge in [0.25, 0.3) is 0 Å². The molecule has 0 radical (unpaired) electrons. The van der Waals surface area contributed by atoms with E-state index in [-0.39, 0.29) is 0 Å². The van der Waals surface area contributed by atoms with Crippen molar-refractivity contribution in [2.75, 3.05) is 6.61 Å². The molecule has 0 saturated carbocycles.